The van der Waals surface area contributed by atoms with E-state index in [9.17, 15) is 18.0 Å². The van der Waals surface area contributed by atoms with Crippen LogP contribution in [0.2, 0.25) is 0 Å². The van der Waals surface area contributed by atoms with Gasteiger partial charge in [-0.2, -0.15) is 0 Å². The van der Waals surface area contributed by atoms with Crippen LogP contribution in [0.3, 0.4) is 0 Å². The molecule has 0 spiro atoms. The van der Waals surface area contributed by atoms with E-state index in [0.717, 1.165) is 12.3 Å². The fourth-order valence-electron chi connectivity index (χ4n) is 0.808. The van der Waals surface area contributed by atoms with Gasteiger partial charge >= 0.3 is 6.36 Å². The molecule has 0 aliphatic rings. The second-order valence-corrected chi connectivity index (χ2v) is 3.39. The van der Waals surface area contributed by atoms with Crippen LogP contribution in [0.15, 0.2) is 16.9 Å². The maximum atomic E-state index is 11.9. The molecule has 0 aliphatic carbocycles. The molecule has 3 nitrogen and oxygen atoms in total. The van der Waals surface area contributed by atoms with Crippen LogP contribution in [-0.2, 0) is 0 Å². The zero-order chi connectivity index (χ0) is 11.6. The Kier molecular flexibility index (Phi) is 3.56. The second-order valence-electron chi connectivity index (χ2n) is 2.30. The lowest BCUT2D eigenvalue weighted by Crippen LogP contribution is -2.18. The second kappa shape index (κ2) is 4.36. The van der Waals surface area contributed by atoms with Gasteiger partial charge in [-0.05, 0) is 33.6 Å². The quantitative estimate of drug-likeness (QED) is 0.622. The molecule has 8 heteroatoms. The van der Waals surface area contributed by atoms with Crippen LogP contribution >= 0.6 is 27.5 Å². The molecule has 1 aromatic heterocycles. The number of carbonyl (C=O) groups is 1. The number of carbonyl (C=O) groups excluding carboxylic acids is 1. The predicted molar refractivity (Wildman–Crippen MR) is 48.8 cm³/mol. The standard InChI is InChI=1S/C7H2BrClF3NO2/c8-5-4(6(9)14)3(1-2-13-5)15-7(10,11)12/h1-2H. The Hall–Kier alpha value is -0.820. The van der Waals surface area contributed by atoms with E-state index in [1.807, 2.05) is 0 Å². The van der Waals surface area contributed by atoms with Gasteiger partial charge < -0.3 is 4.74 Å². The third kappa shape index (κ3) is 3.35. The van der Waals surface area contributed by atoms with Gasteiger partial charge in [0.1, 0.15) is 15.9 Å². The Balaban J connectivity index is 3.18. The third-order valence-corrected chi connectivity index (χ3v) is 2.08. The van der Waals surface area contributed by atoms with Gasteiger partial charge in [0.2, 0.25) is 0 Å². The first-order valence-electron chi connectivity index (χ1n) is 3.41. The van der Waals surface area contributed by atoms with Crippen molar-refractivity contribution in [3.8, 4) is 5.75 Å². The van der Waals surface area contributed by atoms with Crippen LogP contribution in [0.4, 0.5) is 13.2 Å². The Morgan fingerprint density at radius 3 is 2.60 bits per heavy atom. The highest BCUT2D eigenvalue weighted by atomic mass is 79.9. The molecule has 0 fully saturated rings. The summed E-state index contributed by atoms with van der Waals surface area (Å²) in [5, 5.41) is -1.09. The van der Waals surface area contributed by atoms with Crippen molar-refractivity contribution < 1.29 is 22.7 Å². The average molecular weight is 304 g/mol. The lowest BCUT2D eigenvalue weighted by atomic mass is 10.3. The van der Waals surface area contributed by atoms with Crippen molar-refractivity contribution in [3.05, 3.63) is 22.4 Å². The number of hydrogen-bond acceptors (Lipinski definition) is 3. The van der Waals surface area contributed by atoms with Gasteiger partial charge in [0, 0.05) is 6.20 Å². The number of pyridine rings is 1. The first kappa shape index (κ1) is 12.3. The van der Waals surface area contributed by atoms with Crippen molar-refractivity contribution in [2.75, 3.05) is 0 Å². The largest absolute Gasteiger partial charge is 0.573 e. The topological polar surface area (TPSA) is 39.2 Å². The van der Waals surface area contributed by atoms with Crippen molar-refractivity contribution in [3.63, 3.8) is 0 Å². The summed E-state index contributed by atoms with van der Waals surface area (Å²) in [7, 11) is 0. The SMILES string of the molecule is O=C(Cl)c1c(OC(F)(F)F)ccnc1Br. The van der Waals surface area contributed by atoms with Crippen molar-refractivity contribution in [2.45, 2.75) is 6.36 Å². The number of ether oxygens (including phenoxy) is 1. The zero-order valence-electron chi connectivity index (χ0n) is 6.81. The highest BCUT2D eigenvalue weighted by Crippen LogP contribution is 2.30. The molecular weight excluding hydrogens is 302 g/mol. The van der Waals surface area contributed by atoms with E-state index in [2.05, 4.69) is 25.7 Å². The van der Waals surface area contributed by atoms with E-state index in [1.54, 1.807) is 0 Å². The molecule has 0 atom stereocenters. The van der Waals surface area contributed by atoms with Crippen LogP contribution in [-0.4, -0.2) is 16.6 Å². The van der Waals surface area contributed by atoms with Crippen molar-refractivity contribution in [1.82, 2.24) is 4.98 Å². The van der Waals surface area contributed by atoms with E-state index >= 15 is 0 Å². The molecule has 1 heterocycles. The number of aromatic nitrogens is 1. The maximum absolute atomic E-state index is 11.9. The van der Waals surface area contributed by atoms with Crippen molar-refractivity contribution >= 4 is 32.8 Å². The van der Waals surface area contributed by atoms with Gasteiger partial charge in [-0.3, -0.25) is 4.79 Å². The van der Waals surface area contributed by atoms with Gasteiger partial charge in [0.15, 0.2) is 0 Å². The summed E-state index contributed by atoms with van der Waals surface area (Å²) in [6, 6.07) is 0.897. The molecule has 82 valence electrons. The smallest absolute Gasteiger partial charge is 0.405 e. The first-order chi connectivity index (χ1) is 6.81. The molecule has 0 aliphatic heterocycles. The predicted octanol–water partition coefficient (Wildman–Crippen LogP) is 3.12. The summed E-state index contributed by atoms with van der Waals surface area (Å²) in [6.45, 7) is 0. The molecule has 0 saturated carbocycles. The summed E-state index contributed by atoms with van der Waals surface area (Å²) in [4.78, 5) is 14.4. The number of nitrogens with zero attached hydrogens (tertiary/aromatic N) is 1. The molecular formula is C7H2BrClF3NO2. The normalized spacial score (nSPS) is 11.3. The maximum Gasteiger partial charge on any atom is 0.573 e. The average Bonchev–Trinajstić information content (AvgIpc) is 1.99. The van der Waals surface area contributed by atoms with E-state index in [0.29, 0.717) is 0 Å². The zero-order valence-corrected chi connectivity index (χ0v) is 9.15. The van der Waals surface area contributed by atoms with E-state index < -0.39 is 22.9 Å². The van der Waals surface area contributed by atoms with Crippen LogP contribution < -0.4 is 4.74 Å². The van der Waals surface area contributed by atoms with Crippen LogP contribution in [0, 0.1) is 0 Å². The number of hydrogen-bond donors (Lipinski definition) is 0. The molecule has 0 bridgehead atoms. The minimum absolute atomic E-state index is 0.107. The van der Waals surface area contributed by atoms with Crippen molar-refractivity contribution in [2.24, 2.45) is 0 Å². The molecule has 0 saturated heterocycles. The third-order valence-electron chi connectivity index (χ3n) is 1.29. The van der Waals surface area contributed by atoms with Crippen LogP contribution in [0.1, 0.15) is 10.4 Å². The molecule has 1 rings (SSSR count). The van der Waals surface area contributed by atoms with Gasteiger partial charge in [-0.15, -0.1) is 13.2 Å². The van der Waals surface area contributed by atoms with E-state index in [4.69, 9.17) is 11.6 Å². The van der Waals surface area contributed by atoms with Gasteiger partial charge in [-0.1, -0.05) is 0 Å². The number of halogens is 5. The summed E-state index contributed by atoms with van der Waals surface area (Å²) < 4.78 is 39.2. The number of alkyl halides is 3. The summed E-state index contributed by atoms with van der Waals surface area (Å²) >= 11 is 7.88. The molecule has 0 unspecified atom stereocenters. The molecule has 1 aromatic rings. The summed E-state index contributed by atoms with van der Waals surface area (Å²) in [6.07, 6.45) is -3.84. The summed E-state index contributed by atoms with van der Waals surface area (Å²) in [5.41, 5.74) is -0.462. The molecule has 0 aromatic carbocycles. The van der Waals surface area contributed by atoms with Gasteiger partial charge in [0.05, 0.1) is 0 Å². The minimum atomic E-state index is -4.89. The Labute approximate surface area is 95.3 Å². The van der Waals surface area contributed by atoms with E-state index in [-0.39, 0.29) is 4.60 Å². The van der Waals surface area contributed by atoms with Crippen LogP contribution in [0.25, 0.3) is 0 Å². The van der Waals surface area contributed by atoms with Gasteiger partial charge in [0.25, 0.3) is 5.24 Å². The fourth-order valence-corrected chi connectivity index (χ4v) is 1.60. The van der Waals surface area contributed by atoms with Crippen molar-refractivity contribution in [1.29, 1.82) is 0 Å². The first-order valence-corrected chi connectivity index (χ1v) is 4.58. The van der Waals surface area contributed by atoms with Crippen LogP contribution in [0.5, 0.6) is 5.75 Å². The molecule has 15 heavy (non-hydrogen) atoms. The molecule has 0 N–H and O–H groups in total. The highest BCUT2D eigenvalue weighted by Gasteiger charge is 2.33. The Morgan fingerprint density at radius 1 is 1.53 bits per heavy atom. The Bertz CT molecular complexity index is 396. The van der Waals surface area contributed by atoms with Gasteiger partial charge in [-0.25, -0.2) is 4.98 Å². The highest BCUT2D eigenvalue weighted by molar-refractivity contribution is 9.10. The lowest BCUT2D eigenvalue weighted by molar-refractivity contribution is -0.274. The lowest BCUT2D eigenvalue weighted by Gasteiger charge is -2.11. The minimum Gasteiger partial charge on any atom is -0.405 e. The van der Waals surface area contributed by atoms with E-state index in [1.165, 1.54) is 0 Å². The molecule has 0 radical (unpaired) electrons. The monoisotopic (exact) mass is 303 g/mol. The number of rotatable bonds is 2. The molecule has 0 amide bonds. The summed E-state index contributed by atoms with van der Waals surface area (Å²) in [5.74, 6) is -0.690. The fraction of sp³-hybridized carbons (Fsp3) is 0.143. The Morgan fingerprint density at radius 2 is 2.13 bits per heavy atom.